The highest BCUT2D eigenvalue weighted by Crippen LogP contribution is 2.18. The summed E-state index contributed by atoms with van der Waals surface area (Å²) >= 11 is 0. The molecule has 1 saturated heterocycles. The molecule has 2 rings (SSSR count). The maximum absolute atomic E-state index is 13.1. The molecule has 158 valence electrons. The van der Waals surface area contributed by atoms with Crippen molar-refractivity contribution in [2.45, 2.75) is 65.2 Å². The lowest BCUT2D eigenvalue weighted by molar-refractivity contribution is 0.148. The van der Waals surface area contributed by atoms with Crippen LogP contribution in [0.3, 0.4) is 0 Å². The topological polar surface area (TPSA) is 26.8 Å². The Morgan fingerprint density at radius 1 is 0.857 bits per heavy atom. The molecule has 0 saturated carbocycles. The Labute approximate surface area is 170 Å². The van der Waals surface area contributed by atoms with Gasteiger partial charge >= 0.3 is 6.03 Å². The zero-order valence-corrected chi connectivity index (χ0v) is 17.8. The van der Waals surface area contributed by atoms with Crippen molar-refractivity contribution in [1.82, 2.24) is 9.80 Å². The quantitative estimate of drug-likeness (QED) is 0.464. The highest BCUT2D eigenvalue weighted by Gasteiger charge is 2.25. The molecule has 0 aliphatic carbocycles. The first-order chi connectivity index (χ1) is 13.7. The second kappa shape index (κ2) is 12.6. The van der Waals surface area contributed by atoms with Gasteiger partial charge in [-0.1, -0.05) is 52.4 Å². The van der Waals surface area contributed by atoms with Gasteiger partial charge in [0.2, 0.25) is 0 Å². The van der Waals surface area contributed by atoms with Gasteiger partial charge in [0.05, 0.1) is 0 Å². The van der Waals surface area contributed by atoms with Crippen LogP contribution in [0.2, 0.25) is 0 Å². The van der Waals surface area contributed by atoms with Crippen LogP contribution in [-0.2, 0) is 0 Å². The number of piperazine rings is 1. The van der Waals surface area contributed by atoms with Gasteiger partial charge in [-0.05, 0) is 37.1 Å². The normalized spacial score (nSPS) is 14.4. The third-order valence-electron chi connectivity index (χ3n) is 5.58. The fraction of sp³-hybridized carbons (Fsp3) is 0.696. The van der Waals surface area contributed by atoms with Gasteiger partial charge in [-0.15, -0.1) is 0 Å². The van der Waals surface area contributed by atoms with E-state index in [0.717, 1.165) is 64.2 Å². The van der Waals surface area contributed by atoms with E-state index in [1.54, 1.807) is 0 Å². The van der Waals surface area contributed by atoms with E-state index in [4.69, 9.17) is 0 Å². The summed E-state index contributed by atoms with van der Waals surface area (Å²) in [6, 6.07) is 6.83. The number of anilines is 1. The summed E-state index contributed by atoms with van der Waals surface area (Å²) in [5.74, 6) is -0.209. The van der Waals surface area contributed by atoms with E-state index in [-0.39, 0.29) is 11.8 Å². The van der Waals surface area contributed by atoms with Crippen molar-refractivity contribution in [3.8, 4) is 0 Å². The Hall–Kier alpha value is -1.78. The van der Waals surface area contributed by atoms with Crippen molar-refractivity contribution in [2.24, 2.45) is 0 Å². The maximum atomic E-state index is 13.1. The Morgan fingerprint density at radius 2 is 1.43 bits per heavy atom. The first kappa shape index (κ1) is 22.5. The largest absolute Gasteiger partial charge is 0.368 e. The van der Waals surface area contributed by atoms with Crippen LogP contribution in [0, 0.1) is 5.82 Å². The fourth-order valence-corrected chi connectivity index (χ4v) is 3.74. The number of hydrogen-bond donors (Lipinski definition) is 0. The molecule has 0 radical (unpaired) electrons. The molecule has 5 heteroatoms. The number of nitrogens with zero attached hydrogens (tertiary/aromatic N) is 3. The summed E-state index contributed by atoms with van der Waals surface area (Å²) < 4.78 is 13.1. The molecule has 0 aromatic heterocycles. The van der Waals surface area contributed by atoms with Crippen molar-refractivity contribution in [3.05, 3.63) is 30.1 Å². The molecule has 0 N–H and O–H groups in total. The van der Waals surface area contributed by atoms with E-state index in [1.807, 2.05) is 17.0 Å². The van der Waals surface area contributed by atoms with Crippen molar-refractivity contribution in [2.75, 3.05) is 44.2 Å². The van der Waals surface area contributed by atoms with Crippen molar-refractivity contribution >= 4 is 11.7 Å². The lowest BCUT2D eigenvalue weighted by Crippen LogP contribution is -2.53. The molecule has 4 nitrogen and oxygen atoms in total. The molecule has 1 aromatic rings. The number of amides is 2. The Kier molecular flexibility index (Phi) is 10.2. The highest BCUT2D eigenvalue weighted by atomic mass is 19.1. The summed E-state index contributed by atoms with van der Waals surface area (Å²) in [6.07, 6.45) is 9.67. The minimum atomic E-state index is -0.209. The summed E-state index contributed by atoms with van der Waals surface area (Å²) in [6.45, 7) is 9.22. The van der Waals surface area contributed by atoms with Crippen LogP contribution in [0.5, 0.6) is 0 Å². The molecule has 0 spiro atoms. The van der Waals surface area contributed by atoms with Crippen molar-refractivity contribution in [3.63, 3.8) is 0 Å². The summed E-state index contributed by atoms with van der Waals surface area (Å²) in [5, 5.41) is 0. The van der Waals surface area contributed by atoms with E-state index < -0.39 is 0 Å². The molecule has 1 aliphatic heterocycles. The van der Waals surface area contributed by atoms with Crippen molar-refractivity contribution in [1.29, 1.82) is 0 Å². The number of carbonyl (C=O) groups excluding carboxylic acids is 1. The second-order valence-electron chi connectivity index (χ2n) is 7.84. The highest BCUT2D eigenvalue weighted by molar-refractivity contribution is 5.74. The molecule has 0 atom stereocenters. The van der Waals surface area contributed by atoms with E-state index in [9.17, 15) is 9.18 Å². The van der Waals surface area contributed by atoms with E-state index in [1.165, 1.54) is 44.2 Å². The lowest BCUT2D eigenvalue weighted by atomic mass is 10.1. The molecule has 1 heterocycles. The standard InChI is InChI=1S/C23H38FN3O/c1-3-5-7-8-9-10-16-26(15-6-4-2)23(28)27-19-17-25(18-20-27)22-13-11-21(24)12-14-22/h11-14H,3-10,15-20H2,1-2H3. The predicted octanol–water partition coefficient (Wildman–Crippen LogP) is 5.53. The van der Waals surface area contributed by atoms with Crippen LogP contribution in [0.15, 0.2) is 24.3 Å². The summed E-state index contributed by atoms with van der Waals surface area (Å²) in [4.78, 5) is 19.3. The number of unbranched alkanes of at least 4 members (excludes halogenated alkanes) is 6. The average Bonchev–Trinajstić information content (AvgIpc) is 2.73. The number of rotatable bonds is 11. The van der Waals surface area contributed by atoms with Crippen LogP contribution >= 0.6 is 0 Å². The third kappa shape index (κ3) is 7.33. The minimum Gasteiger partial charge on any atom is -0.368 e. The Bertz CT molecular complexity index is 555. The average molecular weight is 392 g/mol. The molecule has 1 aliphatic rings. The van der Waals surface area contributed by atoms with Crippen LogP contribution < -0.4 is 4.90 Å². The van der Waals surface area contributed by atoms with Crippen LogP contribution in [-0.4, -0.2) is 55.1 Å². The molecular formula is C23H38FN3O. The van der Waals surface area contributed by atoms with Crippen molar-refractivity contribution < 1.29 is 9.18 Å². The molecule has 0 unspecified atom stereocenters. The number of benzene rings is 1. The third-order valence-corrected chi connectivity index (χ3v) is 5.58. The first-order valence-electron chi connectivity index (χ1n) is 11.2. The van der Waals surface area contributed by atoms with Gasteiger partial charge in [0, 0.05) is 45.0 Å². The molecule has 0 bridgehead atoms. The van der Waals surface area contributed by atoms with Gasteiger partial charge in [0.15, 0.2) is 0 Å². The first-order valence-corrected chi connectivity index (χ1v) is 11.2. The SMILES string of the molecule is CCCCCCCCN(CCCC)C(=O)N1CCN(c2ccc(F)cc2)CC1. The van der Waals surface area contributed by atoms with E-state index in [0.29, 0.717) is 0 Å². The monoisotopic (exact) mass is 391 g/mol. The van der Waals surface area contributed by atoms with Crippen LogP contribution in [0.4, 0.5) is 14.9 Å². The van der Waals surface area contributed by atoms with Crippen LogP contribution in [0.25, 0.3) is 0 Å². The van der Waals surface area contributed by atoms with E-state index in [2.05, 4.69) is 23.6 Å². The molecular weight excluding hydrogens is 353 g/mol. The minimum absolute atomic E-state index is 0.195. The van der Waals surface area contributed by atoms with Gasteiger partial charge in [-0.25, -0.2) is 9.18 Å². The maximum Gasteiger partial charge on any atom is 0.320 e. The number of halogens is 1. The summed E-state index contributed by atoms with van der Waals surface area (Å²) in [7, 11) is 0. The Morgan fingerprint density at radius 3 is 2.07 bits per heavy atom. The Balaban J connectivity index is 1.80. The summed E-state index contributed by atoms with van der Waals surface area (Å²) in [5.41, 5.74) is 1.03. The zero-order valence-electron chi connectivity index (χ0n) is 17.8. The number of carbonyl (C=O) groups is 1. The molecule has 1 aromatic carbocycles. The molecule has 1 fully saturated rings. The number of urea groups is 1. The van der Waals surface area contributed by atoms with Crippen LogP contribution in [0.1, 0.15) is 65.2 Å². The molecule has 2 amide bonds. The zero-order chi connectivity index (χ0) is 20.2. The number of hydrogen-bond acceptors (Lipinski definition) is 2. The van der Waals surface area contributed by atoms with Gasteiger partial charge in [0.1, 0.15) is 5.82 Å². The van der Waals surface area contributed by atoms with Gasteiger partial charge < -0.3 is 14.7 Å². The van der Waals surface area contributed by atoms with E-state index >= 15 is 0 Å². The smallest absolute Gasteiger partial charge is 0.320 e. The van der Waals surface area contributed by atoms with Gasteiger partial charge in [0.25, 0.3) is 0 Å². The van der Waals surface area contributed by atoms with Gasteiger partial charge in [-0.2, -0.15) is 0 Å². The predicted molar refractivity (Wildman–Crippen MR) is 115 cm³/mol. The lowest BCUT2D eigenvalue weighted by Gasteiger charge is -2.38. The molecule has 28 heavy (non-hydrogen) atoms. The fourth-order valence-electron chi connectivity index (χ4n) is 3.74. The van der Waals surface area contributed by atoms with Gasteiger partial charge in [-0.3, -0.25) is 0 Å². The second-order valence-corrected chi connectivity index (χ2v) is 7.84.